The van der Waals surface area contributed by atoms with Gasteiger partial charge in [0.25, 0.3) is 5.54 Å². The number of likely N-dealkylation sites (tertiary alicyclic amines) is 1. The molecule has 0 aromatic rings. The second-order valence-electron chi connectivity index (χ2n) is 6.23. The van der Waals surface area contributed by atoms with Crippen LogP contribution >= 0.6 is 11.6 Å². The highest BCUT2D eigenvalue weighted by Gasteiger charge is 2.69. The first-order valence-corrected chi connectivity index (χ1v) is 8.01. The normalized spacial score (nSPS) is 31.9. The predicted octanol–water partition coefficient (Wildman–Crippen LogP) is -2.01. The third kappa shape index (κ3) is 3.29. The van der Waals surface area contributed by atoms with E-state index in [1.807, 2.05) is 0 Å². The zero-order valence-corrected chi connectivity index (χ0v) is 13.6. The van der Waals surface area contributed by atoms with Crippen molar-refractivity contribution in [3.05, 3.63) is 32.1 Å². The molecule has 2 aliphatic rings. The molecule has 0 aromatic carbocycles. The van der Waals surface area contributed by atoms with Gasteiger partial charge in [-0.25, -0.2) is 0 Å². The molecule has 1 aliphatic carbocycles. The lowest BCUT2D eigenvalue weighted by Gasteiger charge is -2.43. The number of piperidine rings is 1. The molecule has 24 heavy (non-hydrogen) atoms. The van der Waals surface area contributed by atoms with Crippen molar-refractivity contribution in [2.45, 2.75) is 30.3 Å². The number of nitrogens with one attached hydrogen (secondary N) is 1. The molecule has 0 spiro atoms. The van der Waals surface area contributed by atoms with Gasteiger partial charge >= 0.3 is 5.54 Å². The maximum absolute atomic E-state index is 11.8. The summed E-state index contributed by atoms with van der Waals surface area (Å²) in [5.41, 5.74) is -3.24. The van der Waals surface area contributed by atoms with Crippen molar-refractivity contribution >= 4 is 17.6 Å². The zero-order chi connectivity index (χ0) is 18.0. The molecule has 3 atom stereocenters. The zero-order valence-electron chi connectivity index (χ0n) is 12.9. The largest absolute Gasteiger partial charge is 0.550 e. The molecule has 0 aromatic heterocycles. The van der Waals surface area contributed by atoms with E-state index in [0.717, 1.165) is 0 Å². The summed E-state index contributed by atoms with van der Waals surface area (Å²) in [6.45, 7) is 0.0399. The van der Waals surface area contributed by atoms with Crippen molar-refractivity contribution in [2.75, 3.05) is 32.1 Å². The fraction of sp³-hybridized carbons (Fsp3) is 0.769. The summed E-state index contributed by atoms with van der Waals surface area (Å²) in [5, 5.41) is 34.1. The van der Waals surface area contributed by atoms with E-state index in [4.69, 9.17) is 16.3 Å². The van der Waals surface area contributed by atoms with Crippen molar-refractivity contribution in [1.82, 2.24) is 0 Å². The van der Waals surface area contributed by atoms with Crippen molar-refractivity contribution < 1.29 is 29.4 Å². The minimum absolute atomic E-state index is 0.00201. The lowest BCUT2D eigenvalue weighted by molar-refractivity contribution is -0.943. The number of ether oxygens (including phenoxy) is 1. The van der Waals surface area contributed by atoms with Crippen LogP contribution in [0.3, 0.4) is 0 Å². The smallest absolute Gasteiger partial charge is 0.331 e. The Kier molecular flexibility index (Phi) is 5.29. The number of fused-ring (bicyclic) bond motifs is 2. The summed E-state index contributed by atoms with van der Waals surface area (Å²) in [6, 6.07) is 0. The number of hydrogen-bond acceptors (Lipinski definition) is 7. The summed E-state index contributed by atoms with van der Waals surface area (Å²) >= 11 is 5.56. The van der Waals surface area contributed by atoms with Gasteiger partial charge in [-0.1, -0.05) is 0 Å². The van der Waals surface area contributed by atoms with Crippen LogP contribution in [0.2, 0.25) is 0 Å². The molecule has 2 rings (SSSR count). The van der Waals surface area contributed by atoms with Crippen LogP contribution in [0.1, 0.15) is 19.3 Å². The SMILES string of the molecule is O=C([O-])CC[NH+]1C[C@]2([N+](=O)[O-])CC=C(OCCCl)[C@]([N+](=O)[O-])(C1)C2. The van der Waals surface area contributed by atoms with Gasteiger partial charge in [-0.2, -0.15) is 0 Å². The Hall–Kier alpha value is -1.94. The summed E-state index contributed by atoms with van der Waals surface area (Å²) in [6.07, 6.45) is 0.820. The highest BCUT2D eigenvalue weighted by Crippen LogP contribution is 2.40. The summed E-state index contributed by atoms with van der Waals surface area (Å²) in [5.74, 6) is -1.08. The number of nitrogens with zero attached hydrogens (tertiary/aromatic N) is 2. The van der Waals surface area contributed by atoms with Crippen LogP contribution in [0.4, 0.5) is 0 Å². The van der Waals surface area contributed by atoms with Crippen LogP contribution in [0.25, 0.3) is 0 Å². The van der Waals surface area contributed by atoms with Crippen LogP contribution in [-0.2, 0) is 9.53 Å². The fourth-order valence-electron chi connectivity index (χ4n) is 3.62. The Morgan fingerprint density at radius 3 is 2.58 bits per heavy atom. The second kappa shape index (κ2) is 6.89. The Morgan fingerprint density at radius 2 is 2.04 bits per heavy atom. The van der Waals surface area contributed by atoms with Gasteiger partial charge in [0, 0.05) is 28.7 Å². The molecule has 1 saturated heterocycles. The monoisotopic (exact) mass is 363 g/mol. The first-order chi connectivity index (χ1) is 11.3. The van der Waals surface area contributed by atoms with Gasteiger partial charge in [-0.3, -0.25) is 20.2 Å². The molecule has 0 saturated carbocycles. The van der Waals surface area contributed by atoms with Crippen molar-refractivity contribution in [3.63, 3.8) is 0 Å². The summed E-state index contributed by atoms with van der Waals surface area (Å²) < 4.78 is 5.40. The minimum Gasteiger partial charge on any atom is -0.550 e. The van der Waals surface area contributed by atoms with E-state index in [-0.39, 0.29) is 57.1 Å². The van der Waals surface area contributed by atoms with E-state index in [9.17, 15) is 30.1 Å². The first kappa shape index (κ1) is 18.4. The molecule has 1 N–H and O–H groups in total. The Morgan fingerprint density at radius 1 is 1.33 bits per heavy atom. The van der Waals surface area contributed by atoms with Crippen molar-refractivity contribution in [2.24, 2.45) is 0 Å². The molecule has 1 heterocycles. The highest BCUT2D eigenvalue weighted by atomic mass is 35.5. The standard InChI is InChI=1S/C13H18ClN3O7/c14-4-6-24-10-1-3-12(16(20)21)7-13(10,17(22)23)9-15(8-12)5-2-11(18)19/h1H,2-9H2,(H,18,19)/t12-,13+/m0/s1. The third-order valence-corrected chi connectivity index (χ3v) is 4.78. The van der Waals surface area contributed by atoms with E-state index >= 15 is 0 Å². The van der Waals surface area contributed by atoms with Gasteiger partial charge in [0.2, 0.25) is 0 Å². The molecule has 0 radical (unpaired) electrons. The van der Waals surface area contributed by atoms with E-state index in [0.29, 0.717) is 4.90 Å². The van der Waals surface area contributed by atoms with E-state index < -0.39 is 26.9 Å². The van der Waals surface area contributed by atoms with Gasteiger partial charge in [0.05, 0.1) is 12.4 Å². The molecular weight excluding hydrogens is 346 g/mol. The number of carbonyl (C=O) groups excluding carboxylic acids is 1. The number of nitro groups is 2. The average Bonchev–Trinajstić information content (AvgIpc) is 2.51. The van der Waals surface area contributed by atoms with Gasteiger partial charge in [0.15, 0.2) is 12.3 Å². The van der Waals surface area contributed by atoms with E-state index in [1.54, 1.807) is 0 Å². The predicted molar refractivity (Wildman–Crippen MR) is 78.6 cm³/mol. The molecule has 134 valence electrons. The molecule has 0 amide bonds. The maximum Gasteiger partial charge on any atom is 0.331 e. The molecular formula is C13H18ClN3O7. The molecule has 2 bridgehead atoms. The Balaban J connectivity index is 2.38. The molecule has 1 aliphatic heterocycles. The molecule has 1 unspecified atom stereocenters. The number of hydrogen-bond donors (Lipinski definition) is 1. The van der Waals surface area contributed by atoms with Gasteiger partial charge in [-0.05, 0) is 6.08 Å². The number of carboxylic acids is 1. The number of carbonyl (C=O) groups is 1. The van der Waals surface area contributed by atoms with Gasteiger partial charge in [-0.15, -0.1) is 11.6 Å². The van der Waals surface area contributed by atoms with Crippen LogP contribution in [-0.4, -0.2) is 59.0 Å². The Bertz CT molecular complexity index is 584. The van der Waals surface area contributed by atoms with Gasteiger partial charge in [0.1, 0.15) is 19.6 Å². The lowest BCUT2D eigenvalue weighted by Crippen LogP contribution is -3.18. The number of quaternary nitrogens is 1. The molecule has 1 fully saturated rings. The van der Waals surface area contributed by atoms with Crippen LogP contribution < -0.4 is 10.0 Å². The number of carboxylic acid groups (broad SMARTS) is 1. The highest BCUT2D eigenvalue weighted by molar-refractivity contribution is 6.17. The topological polar surface area (TPSA) is 140 Å². The first-order valence-electron chi connectivity index (χ1n) is 7.47. The second-order valence-corrected chi connectivity index (χ2v) is 6.61. The number of rotatable bonds is 8. The number of halogens is 1. The van der Waals surface area contributed by atoms with Gasteiger partial charge < -0.3 is 19.5 Å². The molecule has 11 heteroatoms. The Labute approximate surface area is 142 Å². The fourth-order valence-corrected chi connectivity index (χ4v) is 3.70. The number of aliphatic carboxylic acids is 1. The summed E-state index contributed by atoms with van der Waals surface area (Å²) in [7, 11) is 0. The molecule has 10 nitrogen and oxygen atoms in total. The van der Waals surface area contributed by atoms with E-state index in [1.165, 1.54) is 6.08 Å². The average molecular weight is 364 g/mol. The van der Waals surface area contributed by atoms with Crippen LogP contribution in [0.5, 0.6) is 0 Å². The minimum atomic E-state index is -1.74. The third-order valence-electron chi connectivity index (χ3n) is 4.62. The maximum atomic E-state index is 11.8. The van der Waals surface area contributed by atoms with Crippen molar-refractivity contribution in [1.29, 1.82) is 0 Å². The number of alkyl halides is 1. The van der Waals surface area contributed by atoms with Crippen molar-refractivity contribution in [3.8, 4) is 0 Å². The van der Waals surface area contributed by atoms with Crippen LogP contribution in [0, 0.1) is 20.2 Å². The van der Waals surface area contributed by atoms with Crippen LogP contribution in [0.15, 0.2) is 11.8 Å². The van der Waals surface area contributed by atoms with E-state index in [2.05, 4.69) is 0 Å². The quantitative estimate of drug-likeness (QED) is 0.298. The summed E-state index contributed by atoms with van der Waals surface area (Å²) in [4.78, 5) is 33.5. The lowest BCUT2D eigenvalue weighted by atomic mass is 9.71.